The maximum atomic E-state index is 12.6. The van der Waals surface area contributed by atoms with Crippen molar-refractivity contribution in [2.75, 3.05) is 99.1 Å². The van der Waals surface area contributed by atoms with Crippen molar-refractivity contribution < 1.29 is 38.4 Å². The number of aryl methyl sites for hydroxylation is 1. The molecule has 1 aliphatic heterocycles. The number of methoxy groups -OCH3 is 1. The second kappa shape index (κ2) is 22.2. The van der Waals surface area contributed by atoms with Crippen molar-refractivity contribution in [2.24, 2.45) is 0 Å². The van der Waals surface area contributed by atoms with Crippen molar-refractivity contribution in [3.05, 3.63) is 29.8 Å². The average Bonchev–Trinajstić information content (AvgIpc) is 3.00. The van der Waals surface area contributed by atoms with Crippen LogP contribution < -0.4 is 15.4 Å². The van der Waals surface area contributed by atoms with E-state index >= 15 is 0 Å². The lowest BCUT2D eigenvalue weighted by Crippen LogP contribution is -2.52. The number of nitrogens with zero attached hydrogens (tertiary/aromatic N) is 2. The number of hydrogen-bond acceptors (Lipinski definition) is 11. The van der Waals surface area contributed by atoms with Gasteiger partial charge >= 0.3 is 11.9 Å². The smallest absolute Gasteiger partial charge is 0.325 e. The third-order valence-corrected chi connectivity index (χ3v) is 7.56. The Morgan fingerprint density at radius 3 is 1.96 bits per heavy atom. The number of nitrogens with one attached hydrogen (secondary N) is 2. The van der Waals surface area contributed by atoms with Crippen LogP contribution in [0.4, 0.5) is 0 Å². The highest BCUT2D eigenvalue weighted by Gasteiger charge is 2.29. The summed E-state index contributed by atoms with van der Waals surface area (Å²) in [6, 6.07) is 6.92. The van der Waals surface area contributed by atoms with Crippen molar-refractivity contribution in [3.63, 3.8) is 0 Å². The number of hydrogen-bond donors (Lipinski definition) is 3. The zero-order valence-corrected chi connectivity index (χ0v) is 28.2. The van der Waals surface area contributed by atoms with E-state index in [1.807, 2.05) is 52.0 Å². The molecule has 0 radical (unpaired) electrons. The molecule has 1 heterocycles. The Bertz CT molecular complexity index is 930. The van der Waals surface area contributed by atoms with E-state index in [4.69, 9.17) is 23.7 Å². The average molecular weight is 639 g/mol. The molecule has 1 aromatic carbocycles. The quantitative estimate of drug-likeness (QED) is 0.161. The predicted molar refractivity (Wildman–Crippen MR) is 174 cm³/mol. The van der Waals surface area contributed by atoms with Crippen molar-refractivity contribution in [1.82, 2.24) is 20.4 Å². The van der Waals surface area contributed by atoms with E-state index in [2.05, 4.69) is 20.4 Å². The van der Waals surface area contributed by atoms with E-state index in [9.17, 15) is 14.7 Å². The summed E-state index contributed by atoms with van der Waals surface area (Å²) in [6.07, 6.45) is 2.13. The van der Waals surface area contributed by atoms with Gasteiger partial charge < -0.3 is 39.4 Å². The minimum Gasteiger partial charge on any atom is -0.491 e. The van der Waals surface area contributed by atoms with Crippen LogP contribution in [0.5, 0.6) is 5.75 Å². The Morgan fingerprint density at radius 1 is 0.867 bits per heavy atom. The molecule has 2 rings (SSSR count). The number of ether oxygens (including phenoxy) is 5. The van der Waals surface area contributed by atoms with E-state index in [1.165, 1.54) is 7.11 Å². The van der Waals surface area contributed by atoms with Crippen LogP contribution in [0.3, 0.4) is 0 Å². The molecule has 258 valence electrons. The summed E-state index contributed by atoms with van der Waals surface area (Å²) in [5.41, 5.74) is 0.790. The molecule has 1 saturated heterocycles. The van der Waals surface area contributed by atoms with Gasteiger partial charge in [0.2, 0.25) is 0 Å². The summed E-state index contributed by atoms with van der Waals surface area (Å²) < 4.78 is 27.5. The van der Waals surface area contributed by atoms with E-state index in [0.29, 0.717) is 91.8 Å². The van der Waals surface area contributed by atoms with Crippen LogP contribution in [0, 0.1) is 0 Å². The van der Waals surface area contributed by atoms with Gasteiger partial charge in [0.15, 0.2) is 0 Å². The predicted octanol–water partition coefficient (Wildman–Crippen LogP) is 2.05. The number of benzene rings is 1. The Kier molecular flexibility index (Phi) is 19.2. The molecule has 2 unspecified atom stereocenters. The first kappa shape index (κ1) is 38.9. The van der Waals surface area contributed by atoms with Crippen LogP contribution in [-0.2, 0) is 35.0 Å². The highest BCUT2D eigenvalue weighted by Crippen LogP contribution is 2.16. The fraction of sp³-hybridized carbons (Fsp3) is 0.758. The maximum absolute atomic E-state index is 12.6. The van der Waals surface area contributed by atoms with E-state index in [0.717, 1.165) is 24.2 Å². The van der Waals surface area contributed by atoms with E-state index in [-0.39, 0.29) is 18.2 Å². The van der Waals surface area contributed by atoms with Gasteiger partial charge in [0, 0.05) is 59.0 Å². The van der Waals surface area contributed by atoms with Gasteiger partial charge in [-0.1, -0.05) is 12.1 Å². The maximum Gasteiger partial charge on any atom is 0.325 e. The summed E-state index contributed by atoms with van der Waals surface area (Å²) in [4.78, 5) is 29.1. The van der Waals surface area contributed by atoms with Gasteiger partial charge in [-0.3, -0.25) is 19.4 Å². The van der Waals surface area contributed by atoms with Crippen LogP contribution in [0.15, 0.2) is 24.3 Å². The highest BCUT2D eigenvalue weighted by molar-refractivity contribution is 5.75. The minimum atomic E-state index is -0.791. The molecule has 0 bridgehead atoms. The van der Waals surface area contributed by atoms with Crippen LogP contribution in [0.1, 0.15) is 46.1 Å². The monoisotopic (exact) mass is 638 g/mol. The zero-order chi connectivity index (χ0) is 32.9. The second-order valence-electron chi connectivity index (χ2n) is 12.1. The summed E-state index contributed by atoms with van der Waals surface area (Å²) in [5, 5.41) is 17.0. The Balaban J connectivity index is 1.82. The summed E-state index contributed by atoms with van der Waals surface area (Å²) in [6.45, 7) is 16.1. The number of esters is 1. The number of carbonyl (C=O) groups is 2. The first-order valence-corrected chi connectivity index (χ1v) is 16.4. The Morgan fingerprint density at radius 2 is 1.42 bits per heavy atom. The van der Waals surface area contributed by atoms with Crippen molar-refractivity contribution in [1.29, 1.82) is 0 Å². The molecule has 0 aromatic heterocycles. The third kappa shape index (κ3) is 16.7. The van der Waals surface area contributed by atoms with E-state index in [1.54, 1.807) is 0 Å². The van der Waals surface area contributed by atoms with Crippen LogP contribution >= 0.6 is 0 Å². The first-order valence-electron chi connectivity index (χ1n) is 16.4. The number of carbonyl (C=O) groups excluding carboxylic acids is 1. The van der Waals surface area contributed by atoms with Gasteiger partial charge in [-0.25, -0.2) is 0 Å². The molecule has 1 fully saturated rings. The fourth-order valence-corrected chi connectivity index (χ4v) is 5.07. The third-order valence-electron chi connectivity index (χ3n) is 7.56. The molecular formula is C33H58N4O8. The number of carboxylic acids is 1. The molecule has 0 aliphatic carbocycles. The largest absolute Gasteiger partial charge is 0.491 e. The van der Waals surface area contributed by atoms with Crippen LogP contribution in [0.2, 0.25) is 0 Å². The fourth-order valence-electron chi connectivity index (χ4n) is 5.07. The molecule has 12 nitrogen and oxygen atoms in total. The molecule has 1 aromatic rings. The lowest BCUT2D eigenvalue weighted by Gasteiger charge is -2.33. The van der Waals surface area contributed by atoms with Gasteiger partial charge in [-0.05, 0) is 64.7 Å². The van der Waals surface area contributed by atoms with Gasteiger partial charge in [-0.15, -0.1) is 0 Å². The first-order chi connectivity index (χ1) is 21.6. The van der Waals surface area contributed by atoms with Gasteiger partial charge in [0.1, 0.15) is 24.4 Å². The molecule has 0 spiro atoms. The summed E-state index contributed by atoms with van der Waals surface area (Å²) >= 11 is 0. The summed E-state index contributed by atoms with van der Waals surface area (Å²) in [5.74, 6) is -0.307. The number of carboxylic acid groups (broad SMARTS) is 1. The Hall–Kier alpha value is -2.32. The molecule has 2 atom stereocenters. The molecular weight excluding hydrogens is 580 g/mol. The molecule has 3 N–H and O–H groups in total. The van der Waals surface area contributed by atoms with Gasteiger partial charge in [0.05, 0.1) is 39.1 Å². The van der Waals surface area contributed by atoms with Crippen LogP contribution in [-0.4, -0.2) is 144 Å². The standard InChI is InChI=1S/C33H58N4O8/c1-6-42-22-23-43-24-25-44-28-12-10-27(11-13-28)8-7-9-29(31(38)39)36-18-14-34-16-20-37(21-17-35-15-19-36)30(32(40)41-5)26-45-33(2,3)4/h10-13,29-30,34-35H,6-9,14-26H2,1-5H3,(H,38,39). The SMILES string of the molecule is CCOCCOCCOc1ccc(CCCC(C(=O)O)N2CCNCCN(C(COC(C)(C)C)C(=O)OC)CCNCC2)cc1. The van der Waals surface area contributed by atoms with Crippen molar-refractivity contribution in [3.8, 4) is 5.75 Å². The minimum absolute atomic E-state index is 0.257. The molecule has 1 aliphatic rings. The molecule has 0 saturated carbocycles. The lowest BCUT2D eigenvalue weighted by molar-refractivity contribution is -0.151. The number of rotatable bonds is 18. The van der Waals surface area contributed by atoms with E-state index < -0.39 is 18.1 Å². The molecule has 0 amide bonds. The summed E-state index contributed by atoms with van der Waals surface area (Å²) in [7, 11) is 1.41. The topological polar surface area (TPSA) is 131 Å². The number of aliphatic carboxylic acids is 1. The second-order valence-corrected chi connectivity index (χ2v) is 12.1. The van der Waals surface area contributed by atoms with Crippen molar-refractivity contribution >= 4 is 11.9 Å². The molecule has 12 heteroatoms. The van der Waals surface area contributed by atoms with Crippen LogP contribution in [0.25, 0.3) is 0 Å². The van der Waals surface area contributed by atoms with Gasteiger partial charge in [0.25, 0.3) is 0 Å². The molecule has 45 heavy (non-hydrogen) atoms. The van der Waals surface area contributed by atoms with Gasteiger partial charge in [-0.2, -0.15) is 0 Å². The lowest BCUT2D eigenvalue weighted by atomic mass is 10.0. The Labute approximate surface area is 270 Å². The van der Waals surface area contributed by atoms with Crippen molar-refractivity contribution in [2.45, 2.75) is 64.6 Å². The normalized spacial score (nSPS) is 17.5. The highest BCUT2D eigenvalue weighted by atomic mass is 16.5. The zero-order valence-electron chi connectivity index (χ0n) is 28.2.